The Morgan fingerprint density at radius 1 is 1.35 bits per heavy atom. The molecule has 1 aromatic carbocycles. The fourth-order valence-corrected chi connectivity index (χ4v) is 2.62. The Morgan fingerprint density at radius 3 is 2.70 bits per heavy atom. The number of anilines is 1. The Bertz CT molecular complexity index is 646. The van der Waals surface area contributed by atoms with Crippen molar-refractivity contribution in [3.05, 3.63) is 47.4 Å². The van der Waals surface area contributed by atoms with Crippen molar-refractivity contribution in [2.45, 2.75) is 32.2 Å². The van der Waals surface area contributed by atoms with Gasteiger partial charge in [0, 0.05) is 23.9 Å². The van der Waals surface area contributed by atoms with Crippen LogP contribution in [0.3, 0.4) is 0 Å². The molecule has 1 aliphatic heterocycles. The second kappa shape index (κ2) is 4.74. The lowest BCUT2D eigenvalue weighted by molar-refractivity contribution is -0.116. The second-order valence-electron chi connectivity index (χ2n) is 5.34. The van der Waals surface area contributed by atoms with Gasteiger partial charge in [-0.25, -0.2) is 9.07 Å². The molecule has 5 heteroatoms. The van der Waals surface area contributed by atoms with E-state index >= 15 is 0 Å². The van der Waals surface area contributed by atoms with Crippen molar-refractivity contribution in [3.8, 4) is 0 Å². The smallest absolute Gasteiger partial charge is 0.226 e. The minimum atomic E-state index is -0.271. The van der Waals surface area contributed by atoms with E-state index in [4.69, 9.17) is 0 Å². The van der Waals surface area contributed by atoms with Crippen molar-refractivity contribution in [1.82, 2.24) is 9.78 Å². The van der Waals surface area contributed by atoms with Gasteiger partial charge in [0.1, 0.15) is 11.6 Å². The molecule has 104 valence electrons. The van der Waals surface area contributed by atoms with Gasteiger partial charge in [-0.15, -0.1) is 0 Å². The first kappa shape index (κ1) is 12.8. The van der Waals surface area contributed by atoms with Gasteiger partial charge in [-0.2, -0.15) is 5.10 Å². The molecule has 1 N–H and O–H groups in total. The highest BCUT2D eigenvalue weighted by Crippen LogP contribution is 2.37. The Morgan fingerprint density at radius 2 is 2.05 bits per heavy atom. The molecule has 2 heterocycles. The van der Waals surface area contributed by atoms with Crippen molar-refractivity contribution < 1.29 is 9.18 Å². The standard InChI is InChI=1S/C15H16FN3O/c1-9(2)19-15-13(8-17-19)12(7-14(20)18-15)10-3-5-11(16)6-4-10/h3-6,8-9,12H,7H2,1-2H3,(H,18,20). The first-order chi connectivity index (χ1) is 9.56. The fraction of sp³-hybridized carbons (Fsp3) is 0.333. The molecule has 0 aliphatic carbocycles. The van der Waals surface area contributed by atoms with Crippen LogP contribution in [0.4, 0.5) is 10.2 Å². The van der Waals surface area contributed by atoms with Crippen molar-refractivity contribution in [3.63, 3.8) is 0 Å². The summed E-state index contributed by atoms with van der Waals surface area (Å²) in [6, 6.07) is 6.48. The number of benzene rings is 1. The molecule has 1 amide bonds. The Hall–Kier alpha value is -2.17. The van der Waals surface area contributed by atoms with Gasteiger partial charge in [-0.3, -0.25) is 4.79 Å². The number of rotatable bonds is 2. The number of nitrogens with zero attached hydrogens (tertiary/aromatic N) is 2. The minimum absolute atomic E-state index is 0.0331. The van der Waals surface area contributed by atoms with Gasteiger partial charge in [0.25, 0.3) is 0 Å². The Kier molecular flexibility index (Phi) is 3.04. The molecule has 2 aromatic rings. The molecule has 0 saturated heterocycles. The van der Waals surface area contributed by atoms with Gasteiger partial charge in [0.05, 0.1) is 6.20 Å². The normalized spacial score (nSPS) is 18.0. The average molecular weight is 273 g/mol. The molecule has 3 rings (SSSR count). The molecule has 4 nitrogen and oxygen atoms in total. The van der Waals surface area contributed by atoms with E-state index in [0.29, 0.717) is 6.42 Å². The van der Waals surface area contributed by atoms with Crippen LogP contribution >= 0.6 is 0 Å². The zero-order valence-corrected chi connectivity index (χ0v) is 11.4. The largest absolute Gasteiger partial charge is 0.311 e. The van der Waals surface area contributed by atoms with Gasteiger partial charge >= 0.3 is 0 Å². The number of amides is 1. The zero-order chi connectivity index (χ0) is 14.3. The third kappa shape index (κ3) is 2.09. The summed E-state index contributed by atoms with van der Waals surface area (Å²) in [6.07, 6.45) is 2.16. The Labute approximate surface area is 116 Å². The summed E-state index contributed by atoms with van der Waals surface area (Å²) in [4.78, 5) is 11.9. The number of halogens is 1. The summed E-state index contributed by atoms with van der Waals surface area (Å²) >= 11 is 0. The molecule has 1 unspecified atom stereocenters. The summed E-state index contributed by atoms with van der Waals surface area (Å²) in [5, 5.41) is 7.24. The van der Waals surface area contributed by atoms with E-state index in [-0.39, 0.29) is 23.7 Å². The van der Waals surface area contributed by atoms with E-state index in [1.165, 1.54) is 12.1 Å². The van der Waals surface area contributed by atoms with Gasteiger partial charge in [0.15, 0.2) is 0 Å². The van der Waals surface area contributed by atoms with E-state index in [0.717, 1.165) is 16.9 Å². The van der Waals surface area contributed by atoms with Crippen LogP contribution in [0.15, 0.2) is 30.5 Å². The molecule has 1 aromatic heterocycles. The molecule has 0 bridgehead atoms. The Balaban J connectivity index is 2.06. The second-order valence-corrected chi connectivity index (χ2v) is 5.34. The highest BCUT2D eigenvalue weighted by Gasteiger charge is 2.30. The molecule has 0 spiro atoms. The van der Waals surface area contributed by atoms with Gasteiger partial charge in [-0.1, -0.05) is 12.1 Å². The summed E-state index contributed by atoms with van der Waals surface area (Å²) in [6.45, 7) is 4.03. The molecule has 20 heavy (non-hydrogen) atoms. The van der Waals surface area contributed by atoms with Crippen LogP contribution < -0.4 is 5.32 Å². The number of carbonyl (C=O) groups is 1. The number of nitrogens with one attached hydrogen (secondary N) is 1. The van der Waals surface area contributed by atoms with Crippen LogP contribution in [-0.2, 0) is 4.79 Å². The van der Waals surface area contributed by atoms with Crippen LogP contribution in [0.1, 0.15) is 43.4 Å². The predicted molar refractivity (Wildman–Crippen MR) is 74.1 cm³/mol. The van der Waals surface area contributed by atoms with E-state index in [1.54, 1.807) is 18.3 Å². The third-order valence-electron chi connectivity index (χ3n) is 3.61. The van der Waals surface area contributed by atoms with Crippen LogP contribution in [0.2, 0.25) is 0 Å². The SMILES string of the molecule is CC(C)n1ncc2c1NC(=O)CC2c1ccc(F)cc1. The zero-order valence-electron chi connectivity index (χ0n) is 11.4. The highest BCUT2D eigenvalue weighted by molar-refractivity contribution is 5.94. The lowest BCUT2D eigenvalue weighted by Crippen LogP contribution is -2.25. The van der Waals surface area contributed by atoms with Gasteiger partial charge in [-0.05, 0) is 31.5 Å². The molecule has 0 saturated carbocycles. The van der Waals surface area contributed by atoms with Crippen LogP contribution in [0.5, 0.6) is 0 Å². The topological polar surface area (TPSA) is 46.9 Å². The van der Waals surface area contributed by atoms with Crippen molar-refractivity contribution in [1.29, 1.82) is 0 Å². The van der Waals surface area contributed by atoms with E-state index in [9.17, 15) is 9.18 Å². The van der Waals surface area contributed by atoms with Gasteiger partial charge in [0.2, 0.25) is 5.91 Å². The molecular weight excluding hydrogens is 257 g/mol. The van der Waals surface area contributed by atoms with Crippen molar-refractivity contribution in [2.75, 3.05) is 5.32 Å². The van der Waals surface area contributed by atoms with E-state index in [2.05, 4.69) is 10.4 Å². The minimum Gasteiger partial charge on any atom is -0.311 e. The predicted octanol–water partition coefficient (Wildman–Crippen LogP) is 3.08. The molecule has 0 radical (unpaired) electrons. The lowest BCUT2D eigenvalue weighted by atomic mass is 9.87. The summed E-state index contributed by atoms with van der Waals surface area (Å²) in [5.74, 6) is 0.388. The van der Waals surface area contributed by atoms with Crippen LogP contribution in [-0.4, -0.2) is 15.7 Å². The van der Waals surface area contributed by atoms with Crippen molar-refractivity contribution >= 4 is 11.7 Å². The maximum absolute atomic E-state index is 13.0. The van der Waals surface area contributed by atoms with E-state index in [1.807, 2.05) is 18.5 Å². The van der Waals surface area contributed by atoms with E-state index < -0.39 is 0 Å². The lowest BCUT2D eigenvalue weighted by Gasteiger charge is -2.24. The number of aromatic nitrogens is 2. The fourth-order valence-electron chi connectivity index (χ4n) is 2.62. The number of fused-ring (bicyclic) bond motifs is 1. The quantitative estimate of drug-likeness (QED) is 0.914. The molecule has 0 fully saturated rings. The maximum Gasteiger partial charge on any atom is 0.226 e. The molecule has 1 atom stereocenters. The summed E-state index contributed by atoms with van der Waals surface area (Å²) in [7, 11) is 0. The number of hydrogen-bond acceptors (Lipinski definition) is 2. The average Bonchev–Trinajstić information content (AvgIpc) is 2.82. The van der Waals surface area contributed by atoms with Crippen molar-refractivity contribution in [2.24, 2.45) is 0 Å². The third-order valence-corrected chi connectivity index (χ3v) is 3.61. The molecule has 1 aliphatic rings. The highest BCUT2D eigenvalue weighted by atomic mass is 19.1. The number of carbonyl (C=O) groups excluding carboxylic acids is 1. The monoisotopic (exact) mass is 273 g/mol. The first-order valence-electron chi connectivity index (χ1n) is 6.69. The summed E-state index contributed by atoms with van der Waals surface area (Å²) in [5.41, 5.74) is 1.93. The maximum atomic E-state index is 13.0. The molecular formula is C15H16FN3O. The van der Waals surface area contributed by atoms with Crippen LogP contribution in [0.25, 0.3) is 0 Å². The summed E-state index contributed by atoms with van der Waals surface area (Å²) < 4.78 is 14.8. The first-order valence-corrected chi connectivity index (χ1v) is 6.69. The van der Waals surface area contributed by atoms with Gasteiger partial charge < -0.3 is 5.32 Å². The number of hydrogen-bond donors (Lipinski definition) is 1. The van der Waals surface area contributed by atoms with Crippen LogP contribution in [0, 0.1) is 5.82 Å².